The second-order valence-electron chi connectivity index (χ2n) is 7.30. The lowest BCUT2D eigenvalue weighted by Gasteiger charge is -2.13. The summed E-state index contributed by atoms with van der Waals surface area (Å²) in [6.07, 6.45) is 3.47. The number of benzene rings is 3. The molecule has 1 aromatic heterocycles. The normalized spacial score (nSPS) is 16.0. The Hall–Kier alpha value is -4.03. The van der Waals surface area contributed by atoms with E-state index >= 15 is 0 Å². The van der Waals surface area contributed by atoms with Crippen LogP contribution in [-0.2, 0) is 11.3 Å². The molecule has 4 aromatic rings. The second kappa shape index (κ2) is 9.63. The number of hydrogen-bond donors (Lipinski definition) is 0. The molecule has 33 heavy (non-hydrogen) atoms. The lowest BCUT2D eigenvalue weighted by atomic mass is 10.2. The fourth-order valence-electron chi connectivity index (χ4n) is 3.35. The fraction of sp³-hybridized carbons (Fsp3) is 0.0370. The first-order chi connectivity index (χ1) is 16.2. The smallest absolute Gasteiger partial charge is 0.267 e. The van der Waals surface area contributed by atoms with E-state index in [2.05, 4.69) is 0 Å². The van der Waals surface area contributed by atoms with Gasteiger partial charge in [-0.1, -0.05) is 48.5 Å². The van der Waals surface area contributed by atoms with Gasteiger partial charge in [-0.15, -0.1) is 0 Å². The van der Waals surface area contributed by atoms with Gasteiger partial charge in [0, 0.05) is 0 Å². The van der Waals surface area contributed by atoms with Crippen molar-refractivity contribution in [3.8, 4) is 11.5 Å². The molecule has 3 aromatic carbocycles. The molecule has 5 rings (SSSR count). The Balaban J connectivity index is 1.43. The lowest BCUT2D eigenvalue weighted by Crippen LogP contribution is -2.28. The average molecular weight is 453 g/mol. The van der Waals surface area contributed by atoms with Crippen LogP contribution in [0.4, 0.5) is 5.69 Å². The minimum Gasteiger partial charge on any atom is -0.467 e. The van der Waals surface area contributed by atoms with E-state index in [-0.39, 0.29) is 5.91 Å². The molecule has 1 amide bonds. The molecule has 0 radical (unpaired) electrons. The summed E-state index contributed by atoms with van der Waals surface area (Å²) in [7, 11) is 0. The van der Waals surface area contributed by atoms with Crippen LogP contribution in [0.15, 0.2) is 118 Å². The molecular weight excluding hydrogens is 432 g/mol. The molecule has 2 heterocycles. The molecule has 1 fully saturated rings. The summed E-state index contributed by atoms with van der Waals surface area (Å²) in [5.41, 5.74) is 1.66. The van der Waals surface area contributed by atoms with Crippen molar-refractivity contribution in [1.29, 1.82) is 0 Å². The molecule has 0 saturated carbocycles. The van der Waals surface area contributed by atoms with Crippen LogP contribution in [0.5, 0.6) is 11.5 Å². The van der Waals surface area contributed by atoms with E-state index in [9.17, 15) is 4.79 Å². The standard InChI is InChI=1S/C27H20N2O3S/c30-26-25(18-20-9-7-14-23(17-20)32-22-12-5-2-6-13-22)33-27(28-21-10-3-1-4-11-21)29(26)19-24-15-8-16-31-24/h1-18H,19H2/b25-18-,28-27?. The Morgan fingerprint density at radius 2 is 1.64 bits per heavy atom. The van der Waals surface area contributed by atoms with E-state index < -0.39 is 0 Å². The van der Waals surface area contributed by atoms with Crippen molar-refractivity contribution in [2.24, 2.45) is 4.99 Å². The summed E-state index contributed by atoms with van der Waals surface area (Å²) >= 11 is 1.35. The zero-order valence-electron chi connectivity index (χ0n) is 17.6. The van der Waals surface area contributed by atoms with Crippen LogP contribution in [0.2, 0.25) is 0 Å². The highest BCUT2D eigenvalue weighted by molar-refractivity contribution is 8.18. The van der Waals surface area contributed by atoms with Crippen LogP contribution in [0.1, 0.15) is 11.3 Å². The van der Waals surface area contributed by atoms with Crippen molar-refractivity contribution in [2.75, 3.05) is 0 Å². The molecule has 6 heteroatoms. The van der Waals surface area contributed by atoms with Crippen molar-refractivity contribution in [2.45, 2.75) is 6.54 Å². The van der Waals surface area contributed by atoms with Crippen molar-refractivity contribution in [3.63, 3.8) is 0 Å². The predicted molar refractivity (Wildman–Crippen MR) is 131 cm³/mol. The van der Waals surface area contributed by atoms with E-state index in [1.54, 1.807) is 11.2 Å². The van der Waals surface area contributed by atoms with Gasteiger partial charge in [0.1, 0.15) is 17.3 Å². The summed E-state index contributed by atoms with van der Waals surface area (Å²) in [4.78, 5) is 20.2. The third kappa shape index (κ3) is 5.07. The number of amides is 1. The van der Waals surface area contributed by atoms with E-state index in [0.717, 1.165) is 17.0 Å². The first-order valence-electron chi connectivity index (χ1n) is 10.5. The molecule has 0 bridgehead atoms. The minimum atomic E-state index is -0.111. The second-order valence-corrected chi connectivity index (χ2v) is 8.31. The summed E-state index contributed by atoms with van der Waals surface area (Å²) < 4.78 is 11.4. The fourth-order valence-corrected chi connectivity index (χ4v) is 4.34. The van der Waals surface area contributed by atoms with Crippen LogP contribution in [0.25, 0.3) is 6.08 Å². The SMILES string of the molecule is O=C1/C(=C/c2cccc(Oc3ccccc3)c2)SC(=Nc2ccccc2)N1Cc1ccco1. The Labute approximate surface area is 196 Å². The summed E-state index contributed by atoms with van der Waals surface area (Å²) in [6, 6.07) is 30.5. The molecule has 0 aliphatic carbocycles. The first-order valence-corrected chi connectivity index (χ1v) is 11.3. The number of furan rings is 1. The van der Waals surface area contributed by atoms with Gasteiger partial charge in [0.25, 0.3) is 5.91 Å². The summed E-state index contributed by atoms with van der Waals surface area (Å²) in [5, 5.41) is 0.616. The number of ether oxygens (including phenoxy) is 1. The molecule has 162 valence electrons. The summed E-state index contributed by atoms with van der Waals surface area (Å²) in [5.74, 6) is 2.05. The Bertz CT molecular complexity index is 1300. The topological polar surface area (TPSA) is 55.0 Å². The predicted octanol–water partition coefficient (Wildman–Crippen LogP) is 6.88. The highest BCUT2D eigenvalue weighted by atomic mass is 32.2. The molecule has 0 N–H and O–H groups in total. The zero-order valence-corrected chi connectivity index (χ0v) is 18.4. The molecule has 5 nitrogen and oxygen atoms in total. The van der Waals surface area contributed by atoms with Crippen LogP contribution in [0.3, 0.4) is 0 Å². The van der Waals surface area contributed by atoms with Gasteiger partial charge in [0.2, 0.25) is 0 Å². The first kappa shape index (κ1) is 20.8. The molecular formula is C27H20N2O3S. The van der Waals surface area contributed by atoms with Gasteiger partial charge in [0.05, 0.1) is 23.4 Å². The van der Waals surface area contributed by atoms with Crippen LogP contribution in [-0.4, -0.2) is 16.0 Å². The Morgan fingerprint density at radius 3 is 2.39 bits per heavy atom. The number of hydrogen-bond acceptors (Lipinski definition) is 5. The largest absolute Gasteiger partial charge is 0.467 e. The van der Waals surface area contributed by atoms with Crippen molar-refractivity contribution in [3.05, 3.63) is 120 Å². The monoisotopic (exact) mass is 452 g/mol. The van der Waals surface area contributed by atoms with Crippen molar-refractivity contribution in [1.82, 2.24) is 4.90 Å². The van der Waals surface area contributed by atoms with Crippen molar-refractivity contribution >= 4 is 34.6 Å². The zero-order chi connectivity index (χ0) is 22.5. The molecule has 1 aliphatic rings. The number of nitrogens with zero attached hydrogens (tertiary/aromatic N) is 2. The van der Waals surface area contributed by atoms with Gasteiger partial charge >= 0.3 is 0 Å². The van der Waals surface area contributed by atoms with Crippen LogP contribution in [0, 0.1) is 0 Å². The molecule has 0 spiro atoms. The number of amidine groups is 1. The molecule has 0 unspecified atom stereocenters. The van der Waals surface area contributed by atoms with Gasteiger partial charge in [0.15, 0.2) is 5.17 Å². The quantitative estimate of drug-likeness (QED) is 0.299. The van der Waals surface area contributed by atoms with Crippen LogP contribution < -0.4 is 4.74 Å². The molecule has 1 saturated heterocycles. The maximum absolute atomic E-state index is 13.3. The van der Waals surface area contributed by atoms with E-state index in [4.69, 9.17) is 14.1 Å². The van der Waals surface area contributed by atoms with Gasteiger partial charge in [-0.25, -0.2) is 4.99 Å². The number of aliphatic imine (C=N–C) groups is 1. The van der Waals surface area contributed by atoms with Gasteiger partial charge in [-0.2, -0.15) is 0 Å². The maximum Gasteiger partial charge on any atom is 0.267 e. The number of thioether (sulfide) groups is 1. The maximum atomic E-state index is 13.3. The average Bonchev–Trinajstić information content (AvgIpc) is 3.45. The molecule has 0 atom stereocenters. The molecule has 1 aliphatic heterocycles. The third-order valence-corrected chi connectivity index (χ3v) is 5.90. The van der Waals surface area contributed by atoms with E-state index in [1.165, 1.54) is 11.8 Å². The van der Waals surface area contributed by atoms with E-state index in [0.29, 0.717) is 28.1 Å². The number of rotatable bonds is 6. The van der Waals surface area contributed by atoms with Gasteiger partial charge in [-0.05, 0) is 71.9 Å². The highest BCUT2D eigenvalue weighted by Crippen LogP contribution is 2.35. The summed E-state index contributed by atoms with van der Waals surface area (Å²) in [6.45, 7) is 0.318. The highest BCUT2D eigenvalue weighted by Gasteiger charge is 2.34. The van der Waals surface area contributed by atoms with E-state index in [1.807, 2.05) is 103 Å². The Kier molecular flexibility index (Phi) is 6.08. The number of para-hydroxylation sites is 2. The van der Waals surface area contributed by atoms with Gasteiger partial charge in [-0.3, -0.25) is 9.69 Å². The number of carbonyl (C=O) groups is 1. The third-order valence-electron chi connectivity index (χ3n) is 4.90. The number of carbonyl (C=O) groups excluding carboxylic acids is 1. The lowest BCUT2D eigenvalue weighted by molar-refractivity contribution is -0.122. The van der Waals surface area contributed by atoms with Crippen molar-refractivity contribution < 1.29 is 13.9 Å². The van der Waals surface area contributed by atoms with Crippen LogP contribution >= 0.6 is 11.8 Å². The minimum absolute atomic E-state index is 0.111. The van der Waals surface area contributed by atoms with Gasteiger partial charge < -0.3 is 9.15 Å². The Morgan fingerprint density at radius 1 is 0.879 bits per heavy atom.